The summed E-state index contributed by atoms with van der Waals surface area (Å²) in [5.74, 6) is 7.69. The number of rotatable bonds is 2. The van der Waals surface area contributed by atoms with Crippen LogP contribution in [0.4, 0.5) is 5.82 Å². The molecule has 1 aliphatic rings. The van der Waals surface area contributed by atoms with Gasteiger partial charge in [-0.3, -0.25) is 4.79 Å². The predicted octanol–water partition coefficient (Wildman–Crippen LogP) is 0.341. The summed E-state index contributed by atoms with van der Waals surface area (Å²) in [6.07, 6.45) is 1.03. The quantitative estimate of drug-likeness (QED) is 0.584. The van der Waals surface area contributed by atoms with Crippen LogP contribution >= 0.6 is 11.8 Å². The summed E-state index contributed by atoms with van der Waals surface area (Å²) in [6, 6.07) is 3.29. The van der Waals surface area contributed by atoms with Gasteiger partial charge in [0.05, 0.1) is 0 Å². The second-order valence-electron chi connectivity index (χ2n) is 3.71. The zero-order chi connectivity index (χ0) is 12.1. The van der Waals surface area contributed by atoms with Crippen molar-refractivity contribution in [1.29, 1.82) is 0 Å². The van der Waals surface area contributed by atoms with Crippen molar-refractivity contribution < 1.29 is 4.79 Å². The van der Waals surface area contributed by atoms with Crippen molar-refractivity contribution in [2.75, 3.05) is 30.0 Å². The lowest BCUT2D eigenvalue weighted by Crippen LogP contribution is -2.33. The van der Waals surface area contributed by atoms with Gasteiger partial charge in [0.25, 0.3) is 5.91 Å². The number of hydrogen-bond donors (Lipinski definition) is 2. The number of nitrogen functional groups attached to an aromatic ring is 1. The van der Waals surface area contributed by atoms with Crippen LogP contribution in [0.25, 0.3) is 0 Å². The van der Waals surface area contributed by atoms with E-state index >= 15 is 0 Å². The van der Waals surface area contributed by atoms with Gasteiger partial charge in [0, 0.05) is 18.8 Å². The summed E-state index contributed by atoms with van der Waals surface area (Å²) in [5, 5.41) is 7.66. The van der Waals surface area contributed by atoms with Crippen LogP contribution in [0.2, 0.25) is 0 Å². The zero-order valence-electron chi connectivity index (χ0n) is 9.43. The van der Waals surface area contributed by atoms with E-state index in [1.807, 2.05) is 16.7 Å². The maximum absolute atomic E-state index is 12.1. The van der Waals surface area contributed by atoms with Crippen LogP contribution in [0.1, 0.15) is 16.9 Å². The molecule has 0 saturated carbocycles. The third-order valence-electron chi connectivity index (χ3n) is 2.54. The highest BCUT2D eigenvalue weighted by molar-refractivity contribution is 7.99. The predicted molar refractivity (Wildman–Crippen MR) is 67.7 cm³/mol. The molecule has 17 heavy (non-hydrogen) atoms. The number of amides is 1. The average molecular weight is 253 g/mol. The first-order valence-corrected chi connectivity index (χ1v) is 6.64. The highest BCUT2D eigenvalue weighted by Crippen LogP contribution is 2.12. The third-order valence-corrected chi connectivity index (χ3v) is 3.59. The molecule has 1 amide bonds. The van der Waals surface area contributed by atoms with Crippen LogP contribution in [0.3, 0.4) is 0 Å². The monoisotopic (exact) mass is 253 g/mol. The fraction of sp³-hybridized carbons (Fsp3) is 0.500. The van der Waals surface area contributed by atoms with E-state index in [1.165, 1.54) is 0 Å². The number of nitrogens with one attached hydrogen (secondary N) is 1. The van der Waals surface area contributed by atoms with Gasteiger partial charge in [0.15, 0.2) is 11.5 Å². The van der Waals surface area contributed by atoms with Crippen LogP contribution in [-0.2, 0) is 0 Å². The minimum Gasteiger partial charge on any atom is -0.336 e. The fourth-order valence-corrected chi connectivity index (χ4v) is 2.52. The van der Waals surface area contributed by atoms with Gasteiger partial charge < -0.3 is 10.3 Å². The van der Waals surface area contributed by atoms with Gasteiger partial charge in [-0.25, -0.2) is 5.84 Å². The summed E-state index contributed by atoms with van der Waals surface area (Å²) in [5.41, 5.74) is 2.75. The number of nitrogens with two attached hydrogens (primary N) is 1. The molecule has 0 unspecified atom stereocenters. The molecule has 0 radical (unpaired) electrons. The van der Waals surface area contributed by atoms with Gasteiger partial charge in [-0.2, -0.15) is 11.8 Å². The summed E-state index contributed by atoms with van der Waals surface area (Å²) in [6.45, 7) is 1.58. The molecule has 0 spiro atoms. The molecule has 3 N–H and O–H groups in total. The fourth-order valence-electron chi connectivity index (χ4n) is 1.63. The molecule has 1 aromatic heterocycles. The number of aromatic nitrogens is 2. The van der Waals surface area contributed by atoms with Crippen LogP contribution in [0.15, 0.2) is 12.1 Å². The van der Waals surface area contributed by atoms with Gasteiger partial charge in [-0.05, 0) is 24.3 Å². The molecule has 0 atom stereocenters. The van der Waals surface area contributed by atoms with Crippen LogP contribution in [0.5, 0.6) is 0 Å². The summed E-state index contributed by atoms with van der Waals surface area (Å²) < 4.78 is 0. The molecule has 1 saturated heterocycles. The number of hydrazine groups is 1. The lowest BCUT2D eigenvalue weighted by Gasteiger charge is -2.18. The van der Waals surface area contributed by atoms with Crippen LogP contribution in [0, 0.1) is 0 Å². The molecule has 0 bridgehead atoms. The van der Waals surface area contributed by atoms with Crippen molar-refractivity contribution in [1.82, 2.24) is 15.1 Å². The van der Waals surface area contributed by atoms with Crippen LogP contribution in [-0.4, -0.2) is 45.6 Å². The highest BCUT2D eigenvalue weighted by atomic mass is 32.2. The lowest BCUT2D eigenvalue weighted by molar-refractivity contribution is 0.0761. The van der Waals surface area contributed by atoms with E-state index < -0.39 is 0 Å². The number of nitrogens with zero attached hydrogens (tertiary/aromatic N) is 3. The SMILES string of the molecule is NNc1ccc(C(=O)N2CCCSCC2)nn1. The number of carbonyl (C=O) groups is 1. The molecule has 7 heteroatoms. The van der Waals surface area contributed by atoms with E-state index in [1.54, 1.807) is 12.1 Å². The maximum Gasteiger partial charge on any atom is 0.274 e. The molecule has 6 nitrogen and oxygen atoms in total. The molecule has 0 aliphatic carbocycles. The second-order valence-corrected chi connectivity index (χ2v) is 4.93. The van der Waals surface area contributed by atoms with Crippen molar-refractivity contribution in [3.05, 3.63) is 17.8 Å². The Hall–Kier alpha value is -1.34. The normalized spacial score (nSPS) is 16.4. The molecular formula is C10H15N5OS. The van der Waals surface area contributed by atoms with Crippen molar-refractivity contribution in [2.45, 2.75) is 6.42 Å². The van der Waals surface area contributed by atoms with E-state index in [-0.39, 0.29) is 5.91 Å². The standard InChI is InChI=1S/C10H15N5OS/c11-12-9-3-2-8(13-14-9)10(16)15-4-1-6-17-7-5-15/h2-3H,1,4-7,11H2,(H,12,14). The van der Waals surface area contributed by atoms with E-state index in [4.69, 9.17) is 5.84 Å². The Balaban J connectivity index is 2.06. The number of carbonyl (C=O) groups excluding carboxylic acids is 1. The van der Waals surface area contributed by atoms with Crippen molar-refractivity contribution in [2.24, 2.45) is 5.84 Å². The van der Waals surface area contributed by atoms with Gasteiger partial charge in [0.1, 0.15) is 0 Å². The molecule has 1 fully saturated rings. The molecule has 2 heterocycles. The van der Waals surface area contributed by atoms with Gasteiger partial charge in [-0.1, -0.05) is 0 Å². The number of hydrogen-bond acceptors (Lipinski definition) is 6. The summed E-state index contributed by atoms with van der Waals surface area (Å²) in [4.78, 5) is 13.9. The first-order chi connectivity index (χ1) is 8.31. The first-order valence-electron chi connectivity index (χ1n) is 5.48. The molecule has 2 rings (SSSR count). The van der Waals surface area contributed by atoms with Crippen molar-refractivity contribution in [3.8, 4) is 0 Å². The second kappa shape index (κ2) is 5.83. The van der Waals surface area contributed by atoms with E-state index in [2.05, 4.69) is 15.6 Å². The zero-order valence-corrected chi connectivity index (χ0v) is 10.2. The molecule has 1 aromatic rings. The smallest absolute Gasteiger partial charge is 0.274 e. The Bertz CT molecular complexity index is 375. The molecule has 1 aliphatic heterocycles. The number of anilines is 1. The van der Waals surface area contributed by atoms with E-state index in [0.29, 0.717) is 11.5 Å². The topological polar surface area (TPSA) is 84.1 Å². The van der Waals surface area contributed by atoms with Crippen molar-refractivity contribution in [3.63, 3.8) is 0 Å². The third kappa shape index (κ3) is 3.07. The van der Waals surface area contributed by atoms with Gasteiger partial charge in [0.2, 0.25) is 0 Å². The van der Waals surface area contributed by atoms with Crippen molar-refractivity contribution >= 4 is 23.5 Å². The minimum atomic E-state index is -0.0522. The lowest BCUT2D eigenvalue weighted by atomic mass is 10.3. The van der Waals surface area contributed by atoms with Gasteiger partial charge >= 0.3 is 0 Å². The van der Waals surface area contributed by atoms with E-state index in [9.17, 15) is 4.79 Å². The Labute approximate surface area is 104 Å². The molecular weight excluding hydrogens is 238 g/mol. The van der Waals surface area contributed by atoms with Crippen LogP contribution < -0.4 is 11.3 Å². The summed E-state index contributed by atoms with van der Waals surface area (Å²) in [7, 11) is 0. The number of thioether (sulfide) groups is 1. The molecule has 0 aromatic carbocycles. The Morgan fingerprint density at radius 3 is 2.94 bits per heavy atom. The Morgan fingerprint density at radius 1 is 1.35 bits per heavy atom. The largest absolute Gasteiger partial charge is 0.336 e. The molecule has 92 valence electrons. The Morgan fingerprint density at radius 2 is 2.24 bits per heavy atom. The van der Waals surface area contributed by atoms with Gasteiger partial charge in [-0.15, -0.1) is 10.2 Å². The minimum absolute atomic E-state index is 0.0522. The first kappa shape index (κ1) is 12.1. The highest BCUT2D eigenvalue weighted by Gasteiger charge is 2.18. The average Bonchev–Trinajstić information content (AvgIpc) is 2.67. The van der Waals surface area contributed by atoms with E-state index in [0.717, 1.165) is 31.0 Å². The Kier molecular flexibility index (Phi) is 4.16. The summed E-state index contributed by atoms with van der Waals surface area (Å²) >= 11 is 1.88. The maximum atomic E-state index is 12.1.